The normalized spacial score (nSPS) is 19.3. The lowest BCUT2D eigenvalue weighted by atomic mass is 9.94. The van der Waals surface area contributed by atoms with Gasteiger partial charge >= 0.3 is 0 Å². The van der Waals surface area contributed by atoms with Crippen LogP contribution in [0.5, 0.6) is 0 Å². The molecule has 2 aliphatic rings. The van der Waals surface area contributed by atoms with Crippen molar-refractivity contribution in [1.29, 1.82) is 5.26 Å². The van der Waals surface area contributed by atoms with E-state index in [1.54, 1.807) is 17.2 Å². The molecule has 11 heteroatoms. The zero-order valence-corrected chi connectivity index (χ0v) is 25.2. The largest absolute Gasteiger partial charge is 0.366 e. The van der Waals surface area contributed by atoms with E-state index in [1.165, 1.54) is 10.6 Å². The van der Waals surface area contributed by atoms with Gasteiger partial charge in [-0.2, -0.15) is 10.4 Å². The van der Waals surface area contributed by atoms with Crippen LogP contribution in [0.1, 0.15) is 30.9 Å². The van der Waals surface area contributed by atoms with Crippen LogP contribution in [0.2, 0.25) is 5.02 Å². The number of likely N-dealkylation sites (N-methyl/N-ethyl adjacent to an activating group) is 1. The number of halogens is 2. The van der Waals surface area contributed by atoms with E-state index in [0.29, 0.717) is 36.3 Å². The molecule has 2 aliphatic heterocycles. The lowest BCUT2D eigenvalue weighted by Crippen LogP contribution is -2.54. The Morgan fingerprint density at radius 1 is 1.28 bits per heavy atom. The molecule has 6 rings (SSSR count). The molecule has 0 spiro atoms. The van der Waals surface area contributed by atoms with E-state index < -0.39 is 11.4 Å². The van der Waals surface area contributed by atoms with Gasteiger partial charge in [0.1, 0.15) is 11.6 Å². The van der Waals surface area contributed by atoms with Crippen LogP contribution in [0.25, 0.3) is 32.9 Å². The summed E-state index contributed by atoms with van der Waals surface area (Å²) >= 11 is 6.96. The first-order valence-corrected chi connectivity index (χ1v) is 14.8. The fourth-order valence-electron chi connectivity index (χ4n) is 6.84. The van der Waals surface area contributed by atoms with E-state index in [9.17, 15) is 14.9 Å². The summed E-state index contributed by atoms with van der Waals surface area (Å²) in [6.07, 6.45) is 4.76. The summed E-state index contributed by atoms with van der Waals surface area (Å²) in [5, 5.41) is 18.7. The minimum Gasteiger partial charge on any atom is -0.366 e. The first kappa shape index (κ1) is 28.9. The first-order valence-electron chi connectivity index (χ1n) is 14.5. The topological polar surface area (TPSA) is 101 Å². The van der Waals surface area contributed by atoms with Crippen molar-refractivity contribution in [3.05, 3.63) is 69.4 Å². The fraction of sp³-hybridized carbons (Fsp3) is 0.375. The minimum atomic E-state index is -0.615. The second kappa shape index (κ2) is 11.1. The maximum absolute atomic E-state index is 17.3. The van der Waals surface area contributed by atoms with Gasteiger partial charge in [-0.1, -0.05) is 24.2 Å². The molecule has 2 fully saturated rings. The molecule has 9 nitrogen and oxygen atoms in total. The Bertz CT molecular complexity index is 1890. The zero-order chi connectivity index (χ0) is 30.6. The number of nitriles is 1. The molecule has 43 heavy (non-hydrogen) atoms. The van der Waals surface area contributed by atoms with Crippen LogP contribution >= 0.6 is 11.6 Å². The summed E-state index contributed by atoms with van der Waals surface area (Å²) in [6, 6.07) is 7.38. The van der Waals surface area contributed by atoms with Crippen LogP contribution in [0.4, 0.5) is 10.1 Å². The molecule has 222 valence electrons. The van der Waals surface area contributed by atoms with Crippen LogP contribution in [0, 0.1) is 24.1 Å². The Morgan fingerprint density at radius 2 is 2.07 bits per heavy atom. The molecule has 4 heterocycles. The Balaban J connectivity index is 1.64. The quantitative estimate of drug-likeness (QED) is 0.329. The third-order valence-corrected chi connectivity index (χ3v) is 9.37. The van der Waals surface area contributed by atoms with Gasteiger partial charge in [-0.05, 0) is 64.1 Å². The second-order valence-corrected chi connectivity index (χ2v) is 12.0. The summed E-state index contributed by atoms with van der Waals surface area (Å²) in [7, 11) is 2.00. The molecule has 0 aliphatic carbocycles. The molecule has 1 amide bonds. The number of rotatable bonds is 5. The van der Waals surface area contributed by atoms with E-state index in [2.05, 4.69) is 27.7 Å². The average molecular weight is 602 g/mol. The van der Waals surface area contributed by atoms with Crippen molar-refractivity contribution in [2.24, 2.45) is 0 Å². The number of fused-ring (bicyclic) bond motifs is 2. The summed E-state index contributed by atoms with van der Waals surface area (Å²) in [5.74, 6) is -0.799. The molecule has 2 unspecified atom stereocenters. The third kappa shape index (κ3) is 4.67. The number of nitrogens with one attached hydrogen (secondary N) is 1. The number of piperazine rings is 1. The van der Waals surface area contributed by atoms with Crippen molar-refractivity contribution in [1.82, 2.24) is 24.6 Å². The number of hydrogen-bond acceptors (Lipinski definition) is 6. The number of amides is 1. The van der Waals surface area contributed by atoms with E-state index in [1.807, 2.05) is 37.9 Å². The molecule has 2 saturated heterocycles. The predicted molar refractivity (Wildman–Crippen MR) is 167 cm³/mol. The highest BCUT2D eigenvalue weighted by atomic mass is 35.5. The lowest BCUT2D eigenvalue weighted by Gasteiger charge is -2.41. The number of H-pyrrole nitrogens is 1. The van der Waals surface area contributed by atoms with Gasteiger partial charge in [0.25, 0.3) is 5.56 Å². The van der Waals surface area contributed by atoms with Crippen LogP contribution in [-0.4, -0.2) is 75.8 Å². The predicted octanol–water partition coefficient (Wildman–Crippen LogP) is 4.83. The van der Waals surface area contributed by atoms with Gasteiger partial charge in [0, 0.05) is 60.2 Å². The highest BCUT2D eigenvalue weighted by Gasteiger charge is 2.33. The smallest absolute Gasteiger partial charge is 0.271 e. The van der Waals surface area contributed by atoms with E-state index in [0.717, 1.165) is 35.9 Å². The number of aryl methyl sites for hydroxylation is 1. The van der Waals surface area contributed by atoms with Crippen LogP contribution in [-0.2, 0) is 11.3 Å². The van der Waals surface area contributed by atoms with Crippen molar-refractivity contribution < 1.29 is 9.18 Å². The number of likely N-dealkylation sites (tertiary alicyclic amines) is 1. The number of carbonyl (C=O) groups is 1. The molecular formula is C32H33ClFN7O2. The van der Waals surface area contributed by atoms with Crippen molar-refractivity contribution in [2.75, 3.05) is 38.1 Å². The van der Waals surface area contributed by atoms with E-state index >= 15 is 4.39 Å². The van der Waals surface area contributed by atoms with Crippen LogP contribution in [0.15, 0.2) is 41.8 Å². The molecule has 2 atom stereocenters. The second-order valence-electron chi connectivity index (χ2n) is 11.6. The Hall–Kier alpha value is -4.20. The fourth-order valence-corrected chi connectivity index (χ4v) is 7.13. The number of aromatic amines is 1. The number of pyridine rings is 1. The summed E-state index contributed by atoms with van der Waals surface area (Å²) < 4.78 is 18.7. The maximum atomic E-state index is 17.3. The van der Waals surface area contributed by atoms with Crippen LogP contribution in [0.3, 0.4) is 0 Å². The molecule has 4 aromatic rings. The third-order valence-electron chi connectivity index (χ3n) is 9.07. The summed E-state index contributed by atoms with van der Waals surface area (Å²) in [6.45, 7) is 9.59. The van der Waals surface area contributed by atoms with Crippen molar-refractivity contribution in [2.45, 2.75) is 45.3 Å². The molecule has 2 aromatic carbocycles. The molecule has 2 aromatic heterocycles. The Kier molecular flexibility index (Phi) is 7.48. The monoisotopic (exact) mass is 601 g/mol. The van der Waals surface area contributed by atoms with Gasteiger partial charge in [-0.25, -0.2) is 4.39 Å². The van der Waals surface area contributed by atoms with Gasteiger partial charge in [0.15, 0.2) is 5.82 Å². The molecule has 0 saturated carbocycles. The van der Waals surface area contributed by atoms with Crippen molar-refractivity contribution in [3.8, 4) is 17.2 Å². The first-order chi connectivity index (χ1) is 20.7. The van der Waals surface area contributed by atoms with Crippen molar-refractivity contribution in [3.63, 3.8) is 0 Å². The van der Waals surface area contributed by atoms with Gasteiger partial charge in [-0.15, -0.1) is 0 Å². The number of hydrogen-bond donors (Lipinski definition) is 1. The molecule has 0 bridgehead atoms. The highest BCUT2D eigenvalue weighted by molar-refractivity contribution is 6.35. The number of carbonyl (C=O) groups excluding carboxylic acids is 1. The average Bonchev–Trinajstić information content (AvgIpc) is 3.63. The Labute approximate surface area is 253 Å². The minimum absolute atomic E-state index is 0.0179. The highest BCUT2D eigenvalue weighted by Crippen LogP contribution is 2.43. The summed E-state index contributed by atoms with van der Waals surface area (Å²) in [5.41, 5.74) is 2.22. The zero-order valence-electron chi connectivity index (χ0n) is 24.5. The van der Waals surface area contributed by atoms with Gasteiger partial charge in [0.2, 0.25) is 5.91 Å². The number of aromatic nitrogens is 3. The van der Waals surface area contributed by atoms with Crippen molar-refractivity contribution >= 4 is 45.0 Å². The number of anilines is 1. The lowest BCUT2D eigenvalue weighted by molar-refractivity contribution is -0.128. The number of nitrogens with zero attached hydrogens (tertiary/aromatic N) is 6. The number of benzene rings is 2. The SMILES string of the molecule is C=CC(=O)N1CCN(c2c(C#N)c(=O)n(CC3CCCN3C)c3c(F)c(-c4c(C)ccc5[nH]ncc45)c(Cl)cc23)CC1C. The molecule has 1 N–H and O–H groups in total. The van der Waals surface area contributed by atoms with E-state index in [-0.39, 0.29) is 46.2 Å². The maximum Gasteiger partial charge on any atom is 0.271 e. The molecule has 0 radical (unpaired) electrons. The van der Waals surface area contributed by atoms with Gasteiger partial charge in [0.05, 0.1) is 27.9 Å². The van der Waals surface area contributed by atoms with Gasteiger partial charge < -0.3 is 19.3 Å². The van der Waals surface area contributed by atoms with Crippen LogP contribution < -0.4 is 10.5 Å². The van der Waals surface area contributed by atoms with Gasteiger partial charge in [-0.3, -0.25) is 14.7 Å². The molecular weight excluding hydrogens is 569 g/mol. The summed E-state index contributed by atoms with van der Waals surface area (Å²) in [4.78, 5) is 32.4. The standard InChI is InChI=1S/C32H33ClFN7O2/c1-5-26(42)40-12-11-39(16-19(40)3)30-21-13-24(33)28(27-18(2)8-9-25-23(27)15-36-37-25)29(34)31(21)41(32(43)22(30)14-35)17-20-7-6-10-38(20)4/h5,8-9,13,15,19-20H,1,6-7,10-12,16-17H2,2-4H3,(H,36,37). The van der Waals surface area contributed by atoms with E-state index in [4.69, 9.17) is 11.6 Å². The Morgan fingerprint density at radius 3 is 2.74 bits per heavy atom.